The van der Waals surface area contributed by atoms with Crippen molar-refractivity contribution in [1.29, 1.82) is 0 Å². The number of hydrogen-bond donors (Lipinski definition) is 0. The highest BCUT2D eigenvalue weighted by atomic mass is 16.5. The number of rotatable bonds is 4. The Bertz CT molecular complexity index is 1150. The zero-order valence-corrected chi connectivity index (χ0v) is 18.9. The molecule has 1 atom stereocenters. The van der Waals surface area contributed by atoms with E-state index in [4.69, 9.17) is 4.52 Å². The third-order valence-corrected chi connectivity index (χ3v) is 6.43. The summed E-state index contributed by atoms with van der Waals surface area (Å²) in [7, 11) is 0. The Kier molecular flexibility index (Phi) is 5.58. The van der Waals surface area contributed by atoms with Crippen LogP contribution in [-0.4, -0.2) is 59.6 Å². The molecule has 8 heteroatoms. The molecule has 2 amide bonds. The predicted molar refractivity (Wildman–Crippen MR) is 125 cm³/mol. The van der Waals surface area contributed by atoms with E-state index in [1.165, 1.54) is 0 Å². The van der Waals surface area contributed by atoms with Crippen molar-refractivity contribution >= 4 is 23.2 Å². The fourth-order valence-electron chi connectivity index (χ4n) is 4.53. The van der Waals surface area contributed by atoms with Crippen molar-refractivity contribution in [3.8, 4) is 11.4 Å². The van der Waals surface area contributed by atoms with E-state index in [-0.39, 0.29) is 24.2 Å². The molecule has 33 heavy (non-hydrogen) atoms. The maximum absolute atomic E-state index is 13.1. The molecule has 0 aliphatic carbocycles. The second kappa shape index (κ2) is 8.69. The van der Waals surface area contributed by atoms with Crippen LogP contribution in [0.15, 0.2) is 53.1 Å². The Hall–Kier alpha value is -3.68. The number of piperazine rings is 1. The Labute approximate surface area is 192 Å². The van der Waals surface area contributed by atoms with E-state index >= 15 is 0 Å². The highest BCUT2D eigenvalue weighted by Gasteiger charge is 2.37. The second-order valence-electron chi connectivity index (χ2n) is 8.74. The summed E-state index contributed by atoms with van der Waals surface area (Å²) < 4.78 is 5.05. The third kappa shape index (κ3) is 4.33. The molecule has 8 nitrogen and oxygen atoms in total. The zero-order chi connectivity index (χ0) is 22.9. The van der Waals surface area contributed by atoms with Crippen LogP contribution in [0.2, 0.25) is 0 Å². The largest absolute Gasteiger partial charge is 0.368 e. The standard InChI is InChI=1S/C25H27N5O3/c1-17-3-7-22(8-4-17)30-16-20(15-23(30)31)25(32)29-13-11-28(12-14-29)21-9-5-19(6-10-21)24-26-18(2)33-27-24/h3-10,20H,11-16H2,1-2H3/t20-/m0/s1. The molecule has 0 spiro atoms. The van der Waals surface area contributed by atoms with Gasteiger partial charge in [-0.15, -0.1) is 0 Å². The Balaban J connectivity index is 1.17. The minimum atomic E-state index is -0.275. The molecular weight excluding hydrogens is 418 g/mol. The summed E-state index contributed by atoms with van der Waals surface area (Å²) in [5, 5.41) is 3.96. The number of hydrogen-bond acceptors (Lipinski definition) is 6. The fraction of sp³-hybridized carbons (Fsp3) is 0.360. The molecule has 0 bridgehead atoms. The second-order valence-corrected chi connectivity index (χ2v) is 8.74. The highest BCUT2D eigenvalue weighted by Crippen LogP contribution is 2.28. The molecule has 0 saturated carbocycles. The van der Waals surface area contributed by atoms with Crippen LogP contribution in [0.3, 0.4) is 0 Å². The number of carbonyl (C=O) groups excluding carboxylic acids is 2. The zero-order valence-electron chi connectivity index (χ0n) is 18.9. The molecular formula is C25H27N5O3. The molecule has 2 aromatic carbocycles. The van der Waals surface area contributed by atoms with Crippen molar-refractivity contribution in [3.05, 3.63) is 60.0 Å². The molecule has 2 fully saturated rings. The first-order valence-electron chi connectivity index (χ1n) is 11.3. The van der Waals surface area contributed by atoms with Gasteiger partial charge in [-0.25, -0.2) is 0 Å². The molecule has 2 aliphatic rings. The van der Waals surface area contributed by atoms with Gasteiger partial charge in [-0.1, -0.05) is 22.9 Å². The van der Waals surface area contributed by atoms with Gasteiger partial charge in [0.25, 0.3) is 0 Å². The summed E-state index contributed by atoms with van der Waals surface area (Å²) in [4.78, 5) is 35.9. The summed E-state index contributed by atoms with van der Waals surface area (Å²) in [5.41, 5.74) is 4.03. The molecule has 0 unspecified atom stereocenters. The van der Waals surface area contributed by atoms with Gasteiger partial charge in [-0.2, -0.15) is 4.98 Å². The van der Waals surface area contributed by atoms with Gasteiger partial charge < -0.3 is 19.2 Å². The monoisotopic (exact) mass is 445 g/mol. The molecule has 0 radical (unpaired) electrons. The van der Waals surface area contributed by atoms with Gasteiger partial charge in [0, 0.05) is 63.0 Å². The molecule has 0 N–H and O–H groups in total. The van der Waals surface area contributed by atoms with Crippen molar-refractivity contribution in [1.82, 2.24) is 15.0 Å². The number of aromatic nitrogens is 2. The van der Waals surface area contributed by atoms with Gasteiger partial charge in [-0.05, 0) is 43.3 Å². The van der Waals surface area contributed by atoms with Gasteiger partial charge in [0.05, 0.1) is 5.92 Å². The van der Waals surface area contributed by atoms with Crippen molar-refractivity contribution in [2.24, 2.45) is 5.92 Å². The van der Waals surface area contributed by atoms with Crippen LogP contribution in [0.25, 0.3) is 11.4 Å². The SMILES string of the molecule is Cc1ccc(N2C[C@@H](C(=O)N3CCN(c4ccc(-c5noc(C)n5)cc4)CC3)CC2=O)cc1. The summed E-state index contributed by atoms with van der Waals surface area (Å²) in [6.07, 6.45) is 0.282. The smallest absolute Gasteiger partial charge is 0.228 e. The topological polar surface area (TPSA) is 82.8 Å². The first-order valence-corrected chi connectivity index (χ1v) is 11.3. The maximum atomic E-state index is 13.1. The molecule has 5 rings (SSSR count). The van der Waals surface area contributed by atoms with Crippen LogP contribution in [0, 0.1) is 19.8 Å². The lowest BCUT2D eigenvalue weighted by molar-refractivity contribution is -0.136. The van der Waals surface area contributed by atoms with Crippen LogP contribution < -0.4 is 9.80 Å². The molecule has 2 aliphatic heterocycles. The van der Waals surface area contributed by atoms with E-state index in [1.807, 2.05) is 60.4 Å². The van der Waals surface area contributed by atoms with E-state index in [0.717, 1.165) is 35.6 Å². The Morgan fingerprint density at radius 3 is 2.24 bits per heavy atom. The van der Waals surface area contributed by atoms with Crippen molar-refractivity contribution in [2.45, 2.75) is 20.3 Å². The lowest BCUT2D eigenvalue weighted by Gasteiger charge is -2.37. The van der Waals surface area contributed by atoms with Crippen LogP contribution in [0.5, 0.6) is 0 Å². The minimum Gasteiger partial charge on any atom is -0.368 e. The van der Waals surface area contributed by atoms with Crippen molar-refractivity contribution < 1.29 is 14.1 Å². The van der Waals surface area contributed by atoms with E-state index in [2.05, 4.69) is 15.0 Å². The number of anilines is 2. The Morgan fingerprint density at radius 1 is 0.939 bits per heavy atom. The first-order chi connectivity index (χ1) is 16.0. The number of carbonyl (C=O) groups is 2. The van der Waals surface area contributed by atoms with Crippen LogP contribution in [0.1, 0.15) is 17.9 Å². The van der Waals surface area contributed by atoms with Crippen molar-refractivity contribution in [2.75, 3.05) is 42.5 Å². The molecule has 2 saturated heterocycles. The average molecular weight is 446 g/mol. The normalized spacial score (nSPS) is 18.8. The fourth-order valence-corrected chi connectivity index (χ4v) is 4.53. The Morgan fingerprint density at radius 2 is 1.61 bits per heavy atom. The molecule has 170 valence electrons. The maximum Gasteiger partial charge on any atom is 0.228 e. The highest BCUT2D eigenvalue weighted by molar-refractivity contribution is 6.00. The average Bonchev–Trinajstić information content (AvgIpc) is 3.45. The first kappa shape index (κ1) is 21.2. The van der Waals surface area contributed by atoms with Crippen molar-refractivity contribution in [3.63, 3.8) is 0 Å². The molecule has 1 aromatic heterocycles. The quantitative estimate of drug-likeness (QED) is 0.614. The molecule has 3 aromatic rings. The van der Waals surface area contributed by atoms with Crippen LogP contribution in [-0.2, 0) is 9.59 Å². The van der Waals surface area contributed by atoms with E-state index in [9.17, 15) is 9.59 Å². The number of nitrogens with zero attached hydrogens (tertiary/aromatic N) is 5. The van der Waals surface area contributed by atoms with Gasteiger partial charge >= 0.3 is 0 Å². The van der Waals surface area contributed by atoms with Gasteiger partial charge in [-0.3, -0.25) is 9.59 Å². The minimum absolute atomic E-state index is 0.0210. The third-order valence-electron chi connectivity index (χ3n) is 6.43. The number of amides is 2. The number of benzene rings is 2. The van der Waals surface area contributed by atoms with E-state index in [0.29, 0.717) is 31.3 Å². The van der Waals surface area contributed by atoms with Crippen LogP contribution in [0.4, 0.5) is 11.4 Å². The van der Waals surface area contributed by atoms with E-state index in [1.54, 1.807) is 11.8 Å². The summed E-state index contributed by atoms with van der Waals surface area (Å²) in [6.45, 7) is 7.07. The van der Waals surface area contributed by atoms with Crippen LogP contribution >= 0.6 is 0 Å². The lowest BCUT2D eigenvalue weighted by Crippen LogP contribution is -2.50. The summed E-state index contributed by atoms with van der Waals surface area (Å²) >= 11 is 0. The van der Waals surface area contributed by atoms with Gasteiger partial charge in [0.2, 0.25) is 23.5 Å². The summed E-state index contributed by atoms with van der Waals surface area (Å²) in [6, 6.07) is 16.0. The predicted octanol–water partition coefficient (Wildman–Crippen LogP) is 3.06. The lowest BCUT2D eigenvalue weighted by atomic mass is 10.1. The molecule has 3 heterocycles. The van der Waals surface area contributed by atoms with Gasteiger partial charge in [0.15, 0.2) is 0 Å². The summed E-state index contributed by atoms with van der Waals surface area (Å²) in [5.74, 6) is 0.956. The van der Waals surface area contributed by atoms with Gasteiger partial charge in [0.1, 0.15) is 0 Å². The number of aryl methyl sites for hydroxylation is 2. The van der Waals surface area contributed by atoms with E-state index < -0.39 is 0 Å².